The van der Waals surface area contributed by atoms with Crippen molar-refractivity contribution >= 4 is 28.2 Å². The Hall–Kier alpha value is -1.87. The van der Waals surface area contributed by atoms with Crippen LogP contribution < -0.4 is 5.32 Å². The van der Waals surface area contributed by atoms with Gasteiger partial charge in [0.05, 0.1) is 5.56 Å². The van der Waals surface area contributed by atoms with Gasteiger partial charge in [-0.05, 0) is 39.2 Å². The summed E-state index contributed by atoms with van der Waals surface area (Å²) in [5.41, 5.74) is 1.15. The predicted octanol–water partition coefficient (Wildman–Crippen LogP) is 2.78. The van der Waals surface area contributed by atoms with E-state index >= 15 is 0 Å². The number of hydrogen-bond donors (Lipinski definition) is 1. The first kappa shape index (κ1) is 14.5. The van der Waals surface area contributed by atoms with Crippen molar-refractivity contribution in [3.63, 3.8) is 0 Å². The number of nitrogens with zero attached hydrogens (tertiary/aromatic N) is 1. The third-order valence-corrected chi connectivity index (χ3v) is 4.36. The van der Waals surface area contributed by atoms with Gasteiger partial charge in [0.15, 0.2) is 6.10 Å². The first-order valence-electron chi connectivity index (χ1n) is 6.45. The predicted molar refractivity (Wildman–Crippen MR) is 75.6 cm³/mol. The summed E-state index contributed by atoms with van der Waals surface area (Å²) < 4.78 is 5.03. The zero-order valence-electron chi connectivity index (χ0n) is 11.6. The smallest absolute Gasteiger partial charge is 0.342 e. The molecule has 1 aromatic heterocycles. The fraction of sp³-hybridized carbons (Fsp3) is 0.500. The largest absolute Gasteiger partial charge is 0.444 e. The fourth-order valence-electron chi connectivity index (χ4n) is 1.77. The van der Waals surface area contributed by atoms with Crippen LogP contribution in [0.25, 0.3) is 0 Å². The minimum absolute atomic E-state index is 0.0476. The van der Waals surface area contributed by atoms with Gasteiger partial charge in [0.25, 0.3) is 0 Å². The monoisotopic (exact) mass is 292 g/mol. The summed E-state index contributed by atoms with van der Waals surface area (Å²) in [5, 5.41) is 12.0. The minimum Gasteiger partial charge on any atom is -0.444 e. The molecular formula is C14H16N2O3S. The molecule has 0 saturated heterocycles. The number of nitriles is 1. The maximum Gasteiger partial charge on any atom is 0.342 e. The van der Waals surface area contributed by atoms with Crippen LogP contribution >= 0.6 is 11.3 Å². The number of rotatable bonds is 4. The molecule has 2 rings (SSSR count). The van der Waals surface area contributed by atoms with Gasteiger partial charge < -0.3 is 10.1 Å². The number of hydrogen-bond acceptors (Lipinski definition) is 5. The van der Waals surface area contributed by atoms with Gasteiger partial charge in [0.2, 0.25) is 5.91 Å². The van der Waals surface area contributed by atoms with Crippen LogP contribution in [0.15, 0.2) is 0 Å². The van der Waals surface area contributed by atoms with Crippen LogP contribution in [-0.2, 0) is 9.53 Å². The molecule has 1 fully saturated rings. The average molecular weight is 292 g/mol. The average Bonchev–Trinajstić information content (AvgIpc) is 3.18. The van der Waals surface area contributed by atoms with E-state index in [0.29, 0.717) is 10.6 Å². The molecule has 1 amide bonds. The van der Waals surface area contributed by atoms with Gasteiger partial charge in [-0.15, -0.1) is 11.3 Å². The van der Waals surface area contributed by atoms with Crippen molar-refractivity contribution in [1.29, 1.82) is 5.26 Å². The Bertz CT molecular complexity index is 596. The van der Waals surface area contributed by atoms with Gasteiger partial charge in [0, 0.05) is 10.8 Å². The van der Waals surface area contributed by atoms with Crippen molar-refractivity contribution in [2.45, 2.75) is 39.7 Å². The normalized spacial score (nSPS) is 15.3. The van der Waals surface area contributed by atoms with Crippen LogP contribution in [0.3, 0.4) is 0 Å². The molecule has 6 heteroatoms. The Kier molecular flexibility index (Phi) is 4.09. The number of amides is 1. The molecule has 0 spiro atoms. The van der Waals surface area contributed by atoms with E-state index in [1.165, 1.54) is 18.3 Å². The number of anilines is 1. The summed E-state index contributed by atoms with van der Waals surface area (Å²) in [6.07, 6.45) is 0.995. The zero-order valence-corrected chi connectivity index (χ0v) is 12.5. The van der Waals surface area contributed by atoms with Gasteiger partial charge >= 0.3 is 5.97 Å². The third kappa shape index (κ3) is 2.99. The topological polar surface area (TPSA) is 79.2 Å². The van der Waals surface area contributed by atoms with E-state index in [1.54, 1.807) is 0 Å². The number of nitrogens with one attached hydrogen (secondary N) is 1. The minimum atomic E-state index is -0.811. The van der Waals surface area contributed by atoms with Crippen molar-refractivity contribution in [1.82, 2.24) is 0 Å². The maximum atomic E-state index is 12.1. The second kappa shape index (κ2) is 5.63. The lowest BCUT2D eigenvalue weighted by molar-refractivity contribution is -0.117. The SMILES string of the molecule is Cc1sc(NC(=O)C2CC2)c(C(=O)OC(C)C#N)c1C. The number of thiophene rings is 1. The van der Waals surface area contributed by atoms with Crippen LogP contribution in [0.1, 0.15) is 40.6 Å². The number of ether oxygens (including phenoxy) is 1. The van der Waals surface area contributed by atoms with Gasteiger partial charge in [-0.25, -0.2) is 4.79 Å². The van der Waals surface area contributed by atoms with Crippen LogP contribution in [0.4, 0.5) is 5.00 Å². The standard InChI is InChI=1S/C14H16N2O3S/c1-7(6-15)19-14(18)11-8(2)9(3)20-13(11)16-12(17)10-4-5-10/h7,10H,4-5H2,1-3H3,(H,16,17). The Morgan fingerprint density at radius 1 is 1.45 bits per heavy atom. The molecule has 1 aliphatic carbocycles. The molecule has 1 unspecified atom stereocenters. The van der Waals surface area contributed by atoms with E-state index in [4.69, 9.17) is 10.00 Å². The highest BCUT2D eigenvalue weighted by Crippen LogP contribution is 2.36. The Balaban J connectivity index is 2.23. The second-order valence-electron chi connectivity index (χ2n) is 4.93. The van der Waals surface area contributed by atoms with Gasteiger partial charge in [-0.1, -0.05) is 0 Å². The van der Waals surface area contributed by atoms with Crippen molar-refractivity contribution in [3.8, 4) is 6.07 Å². The van der Waals surface area contributed by atoms with Gasteiger partial charge in [-0.2, -0.15) is 5.26 Å². The Morgan fingerprint density at radius 3 is 2.65 bits per heavy atom. The molecule has 0 aromatic carbocycles. The molecule has 0 radical (unpaired) electrons. The van der Waals surface area contributed by atoms with Crippen molar-refractivity contribution in [2.75, 3.05) is 5.32 Å². The Labute approximate surface area is 121 Å². The van der Waals surface area contributed by atoms with Crippen molar-refractivity contribution in [2.24, 2.45) is 5.92 Å². The second-order valence-corrected chi connectivity index (χ2v) is 6.15. The van der Waals surface area contributed by atoms with E-state index in [2.05, 4.69) is 5.32 Å². The molecule has 0 aliphatic heterocycles. The summed E-state index contributed by atoms with van der Waals surface area (Å²) >= 11 is 1.36. The third-order valence-electron chi connectivity index (χ3n) is 3.24. The summed E-state index contributed by atoms with van der Waals surface area (Å²) in [5.74, 6) is -0.541. The molecule has 1 N–H and O–H groups in total. The summed E-state index contributed by atoms with van der Waals surface area (Å²) in [6, 6.07) is 1.85. The molecule has 1 atom stereocenters. The zero-order chi connectivity index (χ0) is 14.9. The number of carbonyl (C=O) groups is 2. The molecule has 1 aliphatic rings. The van der Waals surface area contributed by atoms with Gasteiger partial charge in [0.1, 0.15) is 11.1 Å². The van der Waals surface area contributed by atoms with Gasteiger partial charge in [-0.3, -0.25) is 4.79 Å². The molecule has 106 valence electrons. The lowest BCUT2D eigenvalue weighted by Crippen LogP contribution is -2.18. The molecule has 0 bridgehead atoms. The van der Waals surface area contributed by atoms with E-state index in [0.717, 1.165) is 23.3 Å². The van der Waals surface area contributed by atoms with Crippen LogP contribution in [0.5, 0.6) is 0 Å². The first-order chi connectivity index (χ1) is 9.43. The van der Waals surface area contributed by atoms with E-state index in [-0.39, 0.29) is 11.8 Å². The quantitative estimate of drug-likeness (QED) is 0.865. The highest BCUT2D eigenvalue weighted by molar-refractivity contribution is 7.16. The molecule has 1 aromatic rings. The lowest BCUT2D eigenvalue weighted by Gasteiger charge is -2.08. The molecule has 20 heavy (non-hydrogen) atoms. The fourth-order valence-corrected chi connectivity index (χ4v) is 2.82. The molecule has 1 heterocycles. The van der Waals surface area contributed by atoms with E-state index in [1.807, 2.05) is 19.9 Å². The molecule has 5 nitrogen and oxygen atoms in total. The summed E-state index contributed by atoms with van der Waals surface area (Å²) in [6.45, 7) is 5.21. The van der Waals surface area contributed by atoms with E-state index in [9.17, 15) is 9.59 Å². The Morgan fingerprint density at radius 2 is 2.10 bits per heavy atom. The molecular weight excluding hydrogens is 276 g/mol. The number of esters is 1. The van der Waals surface area contributed by atoms with Crippen LogP contribution in [-0.4, -0.2) is 18.0 Å². The highest BCUT2D eigenvalue weighted by Gasteiger charge is 2.31. The highest BCUT2D eigenvalue weighted by atomic mass is 32.1. The molecule has 1 saturated carbocycles. The van der Waals surface area contributed by atoms with Crippen LogP contribution in [0, 0.1) is 31.1 Å². The lowest BCUT2D eigenvalue weighted by atomic mass is 10.1. The number of aryl methyl sites for hydroxylation is 1. The summed E-state index contributed by atoms with van der Waals surface area (Å²) in [4.78, 5) is 24.9. The first-order valence-corrected chi connectivity index (χ1v) is 7.27. The number of carbonyl (C=O) groups excluding carboxylic acids is 2. The maximum absolute atomic E-state index is 12.1. The van der Waals surface area contributed by atoms with Crippen LogP contribution in [0.2, 0.25) is 0 Å². The van der Waals surface area contributed by atoms with E-state index < -0.39 is 12.1 Å². The van der Waals surface area contributed by atoms with Crippen molar-refractivity contribution < 1.29 is 14.3 Å². The van der Waals surface area contributed by atoms with Crippen molar-refractivity contribution in [3.05, 3.63) is 16.0 Å². The summed E-state index contributed by atoms with van der Waals surface area (Å²) in [7, 11) is 0.